The molecule has 1 aromatic carbocycles. The zero-order valence-corrected chi connectivity index (χ0v) is 8.25. The lowest BCUT2D eigenvalue weighted by Gasteiger charge is -2.10. The van der Waals surface area contributed by atoms with Crippen molar-refractivity contribution in [2.75, 3.05) is 5.75 Å². The van der Waals surface area contributed by atoms with E-state index in [-0.39, 0.29) is 0 Å². The molecule has 0 fully saturated rings. The van der Waals surface area contributed by atoms with Gasteiger partial charge in [0.15, 0.2) is 0 Å². The van der Waals surface area contributed by atoms with Gasteiger partial charge in [0.05, 0.1) is 5.56 Å². The summed E-state index contributed by atoms with van der Waals surface area (Å²) in [6.45, 7) is 1.85. The monoisotopic (exact) mass is 222 g/mol. The first kappa shape index (κ1) is 11.2. The van der Waals surface area contributed by atoms with E-state index in [2.05, 4.69) is 0 Å². The highest BCUT2D eigenvalue weighted by molar-refractivity contribution is 7.99. The van der Waals surface area contributed by atoms with Crippen LogP contribution in [0.15, 0.2) is 23.1 Å². The first-order valence-corrected chi connectivity index (χ1v) is 4.96. The van der Waals surface area contributed by atoms with Crippen LogP contribution in [-0.4, -0.2) is 10.9 Å². The molecule has 1 aromatic rings. The quantitative estimate of drug-likeness (QED) is 0.772. The molecule has 1 nitrogen and oxygen atoms in total. The first-order chi connectivity index (χ1) is 6.45. The molecule has 0 saturated carbocycles. The number of rotatable bonds is 2. The Bertz CT molecular complexity index is 322. The Morgan fingerprint density at radius 2 is 2.00 bits per heavy atom. The summed E-state index contributed by atoms with van der Waals surface area (Å²) in [6, 6.07) is 3.50. The second kappa shape index (κ2) is 4.13. The third-order valence-electron chi connectivity index (χ3n) is 1.58. The number of hydrogen-bond donors (Lipinski definition) is 1. The van der Waals surface area contributed by atoms with E-state index in [1.807, 2.05) is 6.92 Å². The Morgan fingerprint density at radius 3 is 2.50 bits per heavy atom. The number of phenols is 1. The van der Waals surface area contributed by atoms with E-state index in [9.17, 15) is 13.2 Å². The summed E-state index contributed by atoms with van der Waals surface area (Å²) in [6.07, 6.45) is -4.49. The molecular formula is C9H9F3OS. The van der Waals surface area contributed by atoms with Gasteiger partial charge in [0, 0.05) is 4.90 Å². The van der Waals surface area contributed by atoms with E-state index >= 15 is 0 Å². The van der Waals surface area contributed by atoms with Crippen molar-refractivity contribution in [3.05, 3.63) is 23.8 Å². The van der Waals surface area contributed by atoms with Crippen LogP contribution in [-0.2, 0) is 6.18 Å². The molecule has 0 radical (unpaired) electrons. The largest absolute Gasteiger partial charge is 0.507 e. The molecule has 0 unspecified atom stereocenters. The molecule has 0 aliphatic carbocycles. The van der Waals surface area contributed by atoms with Gasteiger partial charge in [-0.05, 0) is 24.0 Å². The normalized spacial score (nSPS) is 11.7. The van der Waals surface area contributed by atoms with E-state index in [0.29, 0.717) is 10.6 Å². The Morgan fingerprint density at radius 1 is 1.36 bits per heavy atom. The number of halogens is 3. The van der Waals surface area contributed by atoms with Gasteiger partial charge in [-0.2, -0.15) is 13.2 Å². The van der Waals surface area contributed by atoms with Crippen LogP contribution in [0.4, 0.5) is 13.2 Å². The lowest BCUT2D eigenvalue weighted by atomic mass is 10.2. The minimum absolute atomic E-state index is 0.512. The molecule has 0 aliphatic rings. The van der Waals surface area contributed by atoms with Crippen LogP contribution < -0.4 is 0 Å². The second-order valence-corrected chi connectivity index (χ2v) is 3.95. The van der Waals surface area contributed by atoms with E-state index in [0.717, 1.165) is 12.1 Å². The molecule has 0 aliphatic heterocycles. The fraction of sp³-hybridized carbons (Fsp3) is 0.333. The van der Waals surface area contributed by atoms with Crippen molar-refractivity contribution >= 4 is 11.8 Å². The van der Waals surface area contributed by atoms with Crippen LogP contribution >= 0.6 is 11.8 Å². The molecule has 0 atom stereocenters. The van der Waals surface area contributed by atoms with Gasteiger partial charge in [0.2, 0.25) is 0 Å². The third-order valence-corrected chi connectivity index (χ3v) is 2.46. The molecule has 78 valence electrons. The predicted molar refractivity (Wildman–Crippen MR) is 49.5 cm³/mol. The molecule has 0 amide bonds. The Kier molecular flexibility index (Phi) is 3.31. The van der Waals surface area contributed by atoms with E-state index < -0.39 is 17.5 Å². The minimum atomic E-state index is -4.49. The number of phenolic OH excluding ortho intramolecular Hbond substituents is 1. The van der Waals surface area contributed by atoms with E-state index in [1.165, 1.54) is 17.8 Å². The lowest BCUT2D eigenvalue weighted by molar-refractivity contribution is -0.138. The summed E-state index contributed by atoms with van der Waals surface area (Å²) in [4.78, 5) is 0.512. The fourth-order valence-electron chi connectivity index (χ4n) is 0.999. The van der Waals surface area contributed by atoms with Crippen molar-refractivity contribution in [3.63, 3.8) is 0 Å². The number of alkyl halides is 3. The van der Waals surface area contributed by atoms with Gasteiger partial charge in [0.25, 0.3) is 0 Å². The van der Waals surface area contributed by atoms with Gasteiger partial charge in [-0.25, -0.2) is 0 Å². The van der Waals surface area contributed by atoms with Crippen LogP contribution in [0.3, 0.4) is 0 Å². The van der Waals surface area contributed by atoms with E-state index in [1.54, 1.807) is 0 Å². The van der Waals surface area contributed by atoms with Crippen LogP contribution in [0.1, 0.15) is 12.5 Å². The van der Waals surface area contributed by atoms with Gasteiger partial charge in [-0.15, -0.1) is 11.8 Å². The average molecular weight is 222 g/mol. The molecule has 0 heterocycles. The molecular weight excluding hydrogens is 213 g/mol. The number of hydrogen-bond acceptors (Lipinski definition) is 2. The van der Waals surface area contributed by atoms with Gasteiger partial charge in [0.1, 0.15) is 5.75 Å². The maximum absolute atomic E-state index is 12.3. The predicted octanol–water partition coefficient (Wildman–Crippen LogP) is 3.52. The summed E-state index contributed by atoms with van der Waals surface area (Å²) in [5.74, 6) is -0.0276. The second-order valence-electron chi connectivity index (χ2n) is 2.61. The third kappa shape index (κ3) is 2.57. The fourth-order valence-corrected chi connectivity index (χ4v) is 1.70. The molecule has 0 aromatic heterocycles. The summed E-state index contributed by atoms with van der Waals surface area (Å²) < 4.78 is 36.9. The van der Waals surface area contributed by atoms with E-state index in [4.69, 9.17) is 5.11 Å². The Labute approximate surface area is 83.9 Å². The summed E-state index contributed by atoms with van der Waals surface area (Å²) in [5, 5.41) is 9.01. The van der Waals surface area contributed by atoms with Crippen LogP contribution in [0.5, 0.6) is 5.75 Å². The smallest absolute Gasteiger partial charge is 0.419 e. The SMILES string of the molecule is CCSc1ccc(O)c(C(F)(F)F)c1. The van der Waals surface area contributed by atoms with Crippen molar-refractivity contribution in [3.8, 4) is 5.75 Å². The molecule has 0 bridgehead atoms. The summed E-state index contributed by atoms with van der Waals surface area (Å²) in [7, 11) is 0. The molecule has 1 N–H and O–H groups in total. The van der Waals surface area contributed by atoms with Crippen molar-refractivity contribution in [1.29, 1.82) is 0 Å². The van der Waals surface area contributed by atoms with Gasteiger partial charge >= 0.3 is 6.18 Å². The maximum atomic E-state index is 12.3. The molecule has 1 rings (SSSR count). The highest BCUT2D eigenvalue weighted by Gasteiger charge is 2.33. The standard InChI is InChI=1S/C9H9F3OS/c1-2-14-6-3-4-8(13)7(5-6)9(10,11)12/h3-5,13H,2H2,1H3. The van der Waals surface area contributed by atoms with Crippen molar-refractivity contribution in [2.24, 2.45) is 0 Å². The topological polar surface area (TPSA) is 20.2 Å². The van der Waals surface area contributed by atoms with Crippen molar-refractivity contribution in [1.82, 2.24) is 0 Å². The van der Waals surface area contributed by atoms with Crippen LogP contribution in [0, 0.1) is 0 Å². The van der Waals surface area contributed by atoms with Crippen molar-refractivity contribution < 1.29 is 18.3 Å². The molecule has 0 saturated heterocycles. The minimum Gasteiger partial charge on any atom is -0.507 e. The average Bonchev–Trinajstić information content (AvgIpc) is 2.07. The van der Waals surface area contributed by atoms with Crippen molar-refractivity contribution in [2.45, 2.75) is 18.0 Å². The number of aromatic hydroxyl groups is 1. The number of benzene rings is 1. The Balaban J connectivity index is 3.09. The number of thioether (sulfide) groups is 1. The summed E-state index contributed by atoms with van der Waals surface area (Å²) >= 11 is 1.30. The van der Waals surface area contributed by atoms with Gasteiger partial charge < -0.3 is 5.11 Å². The lowest BCUT2D eigenvalue weighted by Crippen LogP contribution is -2.05. The highest BCUT2D eigenvalue weighted by atomic mass is 32.2. The highest BCUT2D eigenvalue weighted by Crippen LogP contribution is 2.37. The summed E-state index contributed by atoms with van der Waals surface area (Å²) in [5.41, 5.74) is -0.976. The van der Waals surface area contributed by atoms with Gasteiger partial charge in [-0.3, -0.25) is 0 Å². The Hall–Kier alpha value is -0.840. The first-order valence-electron chi connectivity index (χ1n) is 3.98. The molecule has 5 heteroatoms. The zero-order valence-electron chi connectivity index (χ0n) is 7.43. The molecule has 0 spiro atoms. The van der Waals surface area contributed by atoms with Gasteiger partial charge in [-0.1, -0.05) is 6.92 Å². The van der Waals surface area contributed by atoms with Crippen LogP contribution in [0.25, 0.3) is 0 Å². The maximum Gasteiger partial charge on any atom is 0.419 e. The van der Waals surface area contributed by atoms with Crippen LogP contribution in [0.2, 0.25) is 0 Å². The molecule has 14 heavy (non-hydrogen) atoms. The zero-order chi connectivity index (χ0) is 10.8.